The van der Waals surface area contributed by atoms with Crippen molar-refractivity contribution in [3.8, 4) is 0 Å². The van der Waals surface area contributed by atoms with Gasteiger partial charge in [0.05, 0.1) is 31.5 Å². The first-order valence-electron chi connectivity index (χ1n) is 16.9. The maximum absolute atomic E-state index is 13.6. The number of cyclic esters (lactones) is 1. The molecule has 12 unspecified atom stereocenters. The summed E-state index contributed by atoms with van der Waals surface area (Å²) in [6.45, 7) is 19.9. The topological polar surface area (TPSA) is 124 Å². The first kappa shape index (κ1) is 40.2. The summed E-state index contributed by atoms with van der Waals surface area (Å²) >= 11 is 0. The molecule has 0 aromatic carbocycles. The van der Waals surface area contributed by atoms with Gasteiger partial charge in [-0.15, -0.1) is 0 Å². The number of aliphatic hydroxyl groups excluding tert-OH is 2. The fraction of sp³-hybridized carbons (Fsp3) is 0.757. The van der Waals surface area contributed by atoms with Crippen molar-refractivity contribution in [2.75, 3.05) is 20.8 Å². The van der Waals surface area contributed by atoms with Crippen LogP contribution in [0.1, 0.15) is 82.1 Å². The maximum Gasteiger partial charge on any atom is 0.373 e. The summed E-state index contributed by atoms with van der Waals surface area (Å²) in [7, 11) is 2.92. The average molecular weight is 651 g/mol. The van der Waals surface area contributed by atoms with E-state index < -0.39 is 48.0 Å². The van der Waals surface area contributed by atoms with Gasteiger partial charge in [-0.3, -0.25) is 0 Å². The highest BCUT2D eigenvalue weighted by Gasteiger charge is 2.52. The molecular weight excluding hydrogens is 588 g/mol. The molecule has 0 bridgehead atoms. The summed E-state index contributed by atoms with van der Waals surface area (Å²) in [5.74, 6) is -3.86. The highest BCUT2D eigenvalue weighted by molar-refractivity contribution is 5.87. The zero-order valence-corrected chi connectivity index (χ0v) is 30.2. The minimum absolute atomic E-state index is 0.00323. The first-order valence-corrected chi connectivity index (χ1v) is 16.9. The molecule has 0 saturated carbocycles. The molecule has 1 fully saturated rings. The quantitative estimate of drug-likeness (QED) is 0.268. The molecule has 0 aromatic heterocycles. The number of hydrogen-bond donors (Lipinski definition) is 3. The number of carbonyl (C=O) groups is 1. The maximum atomic E-state index is 13.6. The van der Waals surface area contributed by atoms with E-state index in [1.807, 2.05) is 66.7 Å². The van der Waals surface area contributed by atoms with Crippen molar-refractivity contribution in [1.29, 1.82) is 0 Å². The van der Waals surface area contributed by atoms with E-state index in [9.17, 15) is 20.1 Å². The Morgan fingerprint density at radius 1 is 1.09 bits per heavy atom. The molecule has 0 amide bonds. The van der Waals surface area contributed by atoms with Crippen LogP contribution < -0.4 is 0 Å². The zero-order valence-electron chi connectivity index (χ0n) is 30.2. The second-order valence-corrected chi connectivity index (χ2v) is 14.0. The van der Waals surface area contributed by atoms with Gasteiger partial charge < -0.3 is 39.0 Å². The number of hydrogen-bond acceptors (Lipinski definition) is 9. The molecule has 2 aliphatic rings. The Hall–Kier alpha value is -2.01. The molecule has 46 heavy (non-hydrogen) atoms. The van der Waals surface area contributed by atoms with Gasteiger partial charge in [-0.05, 0) is 45.1 Å². The number of allylic oxidation sites excluding steroid dienone is 5. The van der Waals surface area contributed by atoms with Crippen LogP contribution in [-0.2, 0) is 28.5 Å². The lowest BCUT2D eigenvalue weighted by molar-refractivity contribution is -0.332. The molecule has 1 saturated heterocycles. The molecule has 3 N–H and O–H groups in total. The van der Waals surface area contributed by atoms with E-state index in [4.69, 9.17) is 23.7 Å². The van der Waals surface area contributed by atoms with Crippen molar-refractivity contribution in [2.45, 2.75) is 124 Å². The molecule has 9 heteroatoms. The predicted molar refractivity (Wildman–Crippen MR) is 180 cm³/mol. The Bertz CT molecular complexity index is 1090. The van der Waals surface area contributed by atoms with Gasteiger partial charge >= 0.3 is 5.97 Å². The Morgan fingerprint density at radius 3 is 2.30 bits per heavy atom. The molecule has 0 aliphatic carbocycles. The number of methoxy groups -OCH3 is 2. The van der Waals surface area contributed by atoms with E-state index in [1.165, 1.54) is 14.2 Å². The van der Waals surface area contributed by atoms with Crippen LogP contribution in [0.2, 0.25) is 0 Å². The Morgan fingerprint density at radius 2 is 1.74 bits per heavy atom. The third-order valence-electron chi connectivity index (χ3n) is 9.85. The lowest BCUT2D eigenvalue weighted by Crippen LogP contribution is -2.59. The van der Waals surface area contributed by atoms with Crippen molar-refractivity contribution >= 4 is 5.97 Å². The highest BCUT2D eigenvalue weighted by Crippen LogP contribution is 2.42. The third-order valence-corrected chi connectivity index (χ3v) is 9.85. The molecule has 0 radical (unpaired) electrons. The normalized spacial score (nSPS) is 39.9. The van der Waals surface area contributed by atoms with E-state index in [2.05, 4.69) is 6.92 Å². The lowest BCUT2D eigenvalue weighted by Gasteiger charge is -2.50. The predicted octanol–water partition coefficient (Wildman–Crippen LogP) is 5.74. The zero-order chi connectivity index (χ0) is 34.9. The van der Waals surface area contributed by atoms with E-state index in [-0.39, 0.29) is 48.1 Å². The van der Waals surface area contributed by atoms with Crippen molar-refractivity contribution in [3.63, 3.8) is 0 Å². The van der Waals surface area contributed by atoms with Crippen LogP contribution >= 0.6 is 0 Å². The molecule has 0 spiro atoms. The standard InChI is InChI=1S/C37H62O9/c1-13-44-31-20-37(41,46-34(21(2)3)26(31)8)28(10)33(39)27(9)35-29(42-11)16-14-15-22(4)17-24(6)32(38)25(7)18-23(5)19-30(43-12)36(40)45-35/h14-16,18-19,21,24-29,31-35,38-39,41H,13,17,20H2,1-12H3/b16-14+,22-15-,23-18+,30-19-. The smallest absolute Gasteiger partial charge is 0.373 e. The Kier molecular flexibility index (Phi) is 15.7. The highest BCUT2D eigenvalue weighted by atomic mass is 16.6. The van der Waals surface area contributed by atoms with E-state index in [0.29, 0.717) is 13.0 Å². The summed E-state index contributed by atoms with van der Waals surface area (Å²) in [6, 6.07) is 0. The summed E-state index contributed by atoms with van der Waals surface area (Å²) < 4.78 is 29.8. The van der Waals surface area contributed by atoms with Gasteiger partial charge in [0, 0.05) is 43.8 Å². The van der Waals surface area contributed by atoms with Gasteiger partial charge in [-0.25, -0.2) is 4.79 Å². The Labute approximate surface area is 277 Å². The van der Waals surface area contributed by atoms with Gasteiger partial charge in [0.2, 0.25) is 5.76 Å². The summed E-state index contributed by atoms with van der Waals surface area (Å²) in [6.07, 6.45) is 6.04. The van der Waals surface area contributed by atoms with Crippen LogP contribution in [0.15, 0.2) is 47.3 Å². The van der Waals surface area contributed by atoms with Gasteiger partial charge in [0.15, 0.2) is 5.79 Å². The fourth-order valence-corrected chi connectivity index (χ4v) is 6.95. The van der Waals surface area contributed by atoms with E-state index >= 15 is 0 Å². The molecule has 2 aliphatic heterocycles. The van der Waals surface area contributed by atoms with Crippen molar-refractivity contribution in [2.24, 2.45) is 35.5 Å². The lowest BCUT2D eigenvalue weighted by atomic mass is 9.76. The van der Waals surface area contributed by atoms with Crippen LogP contribution in [-0.4, -0.2) is 84.5 Å². The van der Waals surface area contributed by atoms with E-state index in [0.717, 1.165) is 11.1 Å². The van der Waals surface area contributed by atoms with Crippen molar-refractivity contribution in [3.05, 3.63) is 47.3 Å². The Balaban J connectivity index is 2.54. The summed E-state index contributed by atoms with van der Waals surface area (Å²) in [5.41, 5.74) is 1.81. The minimum atomic E-state index is -1.67. The van der Waals surface area contributed by atoms with Crippen molar-refractivity contribution in [1.82, 2.24) is 0 Å². The summed E-state index contributed by atoms with van der Waals surface area (Å²) in [4.78, 5) is 13.6. The molecule has 9 nitrogen and oxygen atoms in total. The number of carbonyl (C=O) groups excluding carboxylic acids is 1. The number of rotatable bonds is 9. The van der Waals surface area contributed by atoms with Crippen molar-refractivity contribution < 1.29 is 43.8 Å². The molecule has 2 rings (SSSR count). The van der Waals surface area contributed by atoms with Crippen LogP contribution in [0.3, 0.4) is 0 Å². The second kappa shape index (κ2) is 17.9. The van der Waals surface area contributed by atoms with Gasteiger partial charge in [-0.1, -0.05) is 83.9 Å². The molecular formula is C37H62O9. The number of esters is 1. The fourth-order valence-electron chi connectivity index (χ4n) is 6.95. The van der Waals surface area contributed by atoms with Crippen LogP contribution in [0.5, 0.6) is 0 Å². The van der Waals surface area contributed by atoms with E-state index in [1.54, 1.807) is 26.0 Å². The van der Waals surface area contributed by atoms with Gasteiger partial charge in [-0.2, -0.15) is 0 Å². The third kappa shape index (κ3) is 10.2. The van der Waals surface area contributed by atoms with Gasteiger partial charge in [0.1, 0.15) is 12.2 Å². The summed E-state index contributed by atoms with van der Waals surface area (Å²) in [5, 5.41) is 34.7. The first-order chi connectivity index (χ1) is 21.5. The molecule has 2 heterocycles. The monoisotopic (exact) mass is 650 g/mol. The molecule has 264 valence electrons. The largest absolute Gasteiger partial charge is 0.490 e. The molecule has 0 aromatic rings. The van der Waals surface area contributed by atoms with Gasteiger partial charge in [0.25, 0.3) is 0 Å². The minimum Gasteiger partial charge on any atom is -0.490 e. The van der Waals surface area contributed by atoms with Crippen LogP contribution in [0.4, 0.5) is 0 Å². The molecule has 12 atom stereocenters. The number of ether oxygens (including phenoxy) is 5. The van der Waals surface area contributed by atoms with Crippen LogP contribution in [0, 0.1) is 35.5 Å². The average Bonchev–Trinajstić information content (AvgIpc) is 3.00. The van der Waals surface area contributed by atoms with Crippen LogP contribution in [0.25, 0.3) is 0 Å². The second-order valence-electron chi connectivity index (χ2n) is 14.0. The SMILES string of the molecule is CCOC1CC(O)(C(C)C(O)C(C)C2OC(=O)/C(OC)=C/C(C)=C/C(C)C(O)C(C)C/C(C)=C\C=C\C2OC)OC(C(C)C)C1C. The number of aliphatic hydroxyl groups is 3.